The maximum atomic E-state index is 12.6. The molecule has 0 aliphatic carbocycles. The summed E-state index contributed by atoms with van der Waals surface area (Å²) >= 11 is 1.70. The Labute approximate surface area is 141 Å². The summed E-state index contributed by atoms with van der Waals surface area (Å²) in [6.07, 6.45) is 2.05. The van der Waals surface area contributed by atoms with Gasteiger partial charge >= 0.3 is 6.03 Å². The summed E-state index contributed by atoms with van der Waals surface area (Å²) in [6, 6.07) is 2.30. The highest BCUT2D eigenvalue weighted by Gasteiger charge is 2.33. The van der Waals surface area contributed by atoms with Crippen molar-refractivity contribution in [2.75, 3.05) is 13.1 Å². The number of carbonyl (C=O) groups excluding carboxylic acids is 1. The van der Waals surface area contributed by atoms with E-state index in [4.69, 9.17) is 0 Å². The number of rotatable bonds is 4. The maximum Gasteiger partial charge on any atom is 0.317 e. The SMILES string of the molecule is Cc1n[nH]c(C)c1[C@H]1CCCN1C(=O)NC[C@H](C)c1ccsc1. The molecule has 6 heteroatoms. The van der Waals surface area contributed by atoms with Crippen LogP contribution in [-0.4, -0.2) is 34.2 Å². The maximum absolute atomic E-state index is 12.6. The van der Waals surface area contributed by atoms with Gasteiger partial charge in [0.2, 0.25) is 0 Å². The first-order valence-electron chi connectivity index (χ1n) is 8.16. The molecule has 124 valence electrons. The van der Waals surface area contributed by atoms with Crippen LogP contribution in [0.5, 0.6) is 0 Å². The number of likely N-dealkylation sites (tertiary alicyclic amines) is 1. The van der Waals surface area contributed by atoms with Crippen molar-refractivity contribution in [3.05, 3.63) is 39.3 Å². The largest absolute Gasteiger partial charge is 0.337 e. The van der Waals surface area contributed by atoms with E-state index < -0.39 is 0 Å². The lowest BCUT2D eigenvalue weighted by Crippen LogP contribution is -2.41. The van der Waals surface area contributed by atoms with Crippen LogP contribution in [0.25, 0.3) is 0 Å². The minimum Gasteiger partial charge on any atom is -0.337 e. The molecule has 2 N–H and O–H groups in total. The second-order valence-corrected chi connectivity index (χ2v) is 7.12. The summed E-state index contributed by atoms with van der Waals surface area (Å²) in [5, 5.41) is 14.6. The minimum atomic E-state index is 0.0366. The number of thiophene rings is 1. The fourth-order valence-corrected chi connectivity index (χ4v) is 4.16. The molecule has 1 fully saturated rings. The Bertz CT molecular complexity index is 645. The van der Waals surface area contributed by atoms with Gasteiger partial charge in [-0.3, -0.25) is 5.10 Å². The van der Waals surface area contributed by atoms with E-state index in [1.807, 2.05) is 18.7 Å². The van der Waals surface area contributed by atoms with E-state index in [0.717, 1.165) is 30.8 Å². The van der Waals surface area contributed by atoms with Gasteiger partial charge in [0.1, 0.15) is 0 Å². The van der Waals surface area contributed by atoms with Crippen LogP contribution in [0.15, 0.2) is 16.8 Å². The van der Waals surface area contributed by atoms with Crippen molar-refractivity contribution in [3.8, 4) is 0 Å². The molecule has 1 aliphatic rings. The molecule has 2 aromatic heterocycles. The lowest BCUT2D eigenvalue weighted by atomic mass is 10.0. The summed E-state index contributed by atoms with van der Waals surface area (Å²) < 4.78 is 0. The molecular weight excluding hydrogens is 308 g/mol. The van der Waals surface area contributed by atoms with Crippen LogP contribution in [0.2, 0.25) is 0 Å². The monoisotopic (exact) mass is 332 g/mol. The van der Waals surface area contributed by atoms with Crippen LogP contribution >= 0.6 is 11.3 Å². The molecule has 2 amide bonds. The average molecular weight is 332 g/mol. The Balaban J connectivity index is 1.64. The molecule has 3 rings (SSSR count). The number of amides is 2. The summed E-state index contributed by atoms with van der Waals surface area (Å²) in [7, 11) is 0. The quantitative estimate of drug-likeness (QED) is 0.896. The third-order valence-corrected chi connectivity index (χ3v) is 5.41. The Morgan fingerprint density at radius 3 is 3.04 bits per heavy atom. The summed E-state index contributed by atoms with van der Waals surface area (Å²) in [5.41, 5.74) is 4.54. The van der Waals surface area contributed by atoms with Gasteiger partial charge in [0.15, 0.2) is 0 Å². The van der Waals surface area contributed by atoms with Gasteiger partial charge in [-0.15, -0.1) is 0 Å². The number of aromatic nitrogens is 2. The predicted molar refractivity (Wildman–Crippen MR) is 92.9 cm³/mol. The Hall–Kier alpha value is -1.82. The van der Waals surface area contributed by atoms with Crippen molar-refractivity contribution >= 4 is 17.4 Å². The predicted octanol–water partition coefficient (Wildman–Crippen LogP) is 3.74. The molecule has 0 spiro atoms. The van der Waals surface area contributed by atoms with Gasteiger partial charge < -0.3 is 10.2 Å². The zero-order chi connectivity index (χ0) is 16.4. The first kappa shape index (κ1) is 16.1. The molecule has 0 bridgehead atoms. The number of urea groups is 1. The summed E-state index contributed by atoms with van der Waals surface area (Å²) in [5.74, 6) is 0.337. The van der Waals surface area contributed by atoms with E-state index in [1.54, 1.807) is 11.3 Å². The van der Waals surface area contributed by atoms with E-state index in [0.29, 0.717) is 12.5 Å². The first-order valence-corrected chi connectivity index (χ1v) is 9.10. The number of hydrogen-bond acceptors (Lipinski definition) is 3. The minimum absolute atomic E-state index is 0.0366. The van der Waals surface area contributed by atoms with Crippen LogP contribution in [0, 0.1) is 13.8 Å². The third kappa shape index (κ3) is 3.27. The lowest BCUT2D eigenvalue weighted by Gasteiger charge is -2.26. The standard InChI is InChI=1S/C17H24N4OS/c1-11(14-6-8-23-10-14)9-18-17(22)21-7-4-5-15(21)16-12(2)19-20-13(16)3/h6,8,10-11,15H,4-5,7,9H2,1-3H3,(H,18,22)(H,19,20)/t11-,15+/m0/s1. The highest BCUT2D eigenvalue weighted by Crippen LogP contribution is 2.34. The summed E-state index contributed by atoms with van der Waals surface area (Å²) in [4.78, 5) is 14.6. The number of hydrogen-bond donors (Lipinski definition) is 2. The molecule has 2 atom stereocenters. The van der Waals surface area contributed by atoms with Crippen molar-refractivity contribution in [3.63, 3.8) is 0 Å². The molecule has 0 radical (unpaired) electrons. The van der Waals surface area contributed by atoms with Gasteiger partial charge in [-0.1, -0.05) is 6.92 Å². The van der Waals surface area contributed by atoms with Crippen molar-refractivity contribution < 1.29 is 4.79 Å². The number of aromatic amines is 1. The molecule has 0 saturated carbocycles. The van der Waals surface area contributed by atoms with Gasteiger partial charge in [0.05, 0.1) is 11.7 Å². The highest BCUT2D eigenvalue weighted by atomic mass is 32.1. The number of aryl methyl sites for hydroxylation is 2. The Morgan fingerprint density at radius 1 is 1.57 bits per heavy atom. The van der Waals surface area contributed by atoms with E-state index in [1.165, 1.54) is 11.1 Å². The molecule has 1 aliphatic heterocycles. The van der Waals surface area contributed by atoms with Gasteiger partial charge in [-0.2, -0.15) is 16.4 Å². The van der Waals surface area contributed by atoms with Crippen LogP contribution in [-0.2, 0) is 0 Å². The van der Waals surface area contributed by atoms with Crippen molar-refractivity contribution in [2.45, 2.75) is 45.6 Å². The average Bonchev–Trinajstić information content (AvgIpc) is 3.25. The number of nitrogens with zero attached hydrogens (tertiary/aromatic N) is 2. The molecule has 1 saturated heterocycles. The normalized spacial score (nSPS) is 19.1. The van der Waals surface area contributed by atoms with Gasteiger partial charge in [-0.25, -0.2) is 4.79 Å². The van der Waals surface area contributed by atoms with Gasteiger partial charge in [-0.05, 0) is 55.0 Å². The van der Waals surface area contributed by atoms with Crippen molar-refractivity contribution in [2.24, 2.45) is 0 Å². The zero-order valence-corrected chi connectivity index (χ0v) is 14.7. The van der Waals surface area contributed by atoms with Crippen molar-refractivity contribution in [1.29, 1.82) is 0 Å². The van der Waals surface area contributed by atoms with Gasteiger partial charge in [0.25, 0.3) is 0 Å². The Morgan fingerprint density at radius 2 is 2.39 bits per heavy atom. The Kier molecular flexibility index (Phi) is 4.71. The van der Waals surface area contributed by atoms with E-state index >= 15 is 0 Å². The zero-order valence-electron chi connectivity index (χ0n) is 13.9. The van der Waals surface area contributed by atoms with Crippen LogP contribution in [0.3, 0.4) is 0 Å². The number of nitrogens with one attached hydrogen (secondary N) is 2. The fraction of sp³-hybridized carbons (Fsp3) is 0.529. The fourth-order valence-electron chi connectivity index (χ4n) is 3.38. The molecule has 0 aromatic carbocycles. The van der Waals surface area contributed by atoms with Gasteiger partial charge in [0, 0.05) is 24.3 Å². The van der Waals surface area contributed by atoms with E-state index in [-0.39, 0.29) is 12.1 Å². The van der Waals surface area contributed by atoms with Crippen LogP contribution < -0.4 is 5.32 Å². The topological polar surface area (TPSA) is 61.0 Å². The lowest BCUT2D eigenvalue weighted by molar-refractivity contribution is 0.192. The molecule has 2 aromatic rings. The smallest absolute Gasteiger partial charge is 0.317 e. The van der Waals surface area contributed by atoms with E-state index in [9.17, 15) is 4.79 Å². The van der Waals surface area contributed by atoms with Crippen LogP contribution in [0.4, 0.5) is 4.79 Å². The third-order valence-electron chi connectivity index (χ3n) is 4.70. The summed E-state index contributed by atoms with van der Waals surface area (Å²) in [6.45, 7) is 7.66. The molecule has 3 heterocycles. The number of H-pyrrole nitrogens is 1. The van der Waals surface area contributed by atoms with Crippen molar-refractivity contribution in [1.82, 2.24) is 20.4 Å². The molecule has 0 unspecified atom stereocenters. The highest BCUT2D eigenvalue weighted by molar-refractivity contribution is 7.07. The molecule has 5 nitrogen and oxygen atoms in total. The van der Waals surface area contributed by atoms with E-state index in [2.05, 4.69) is 39.3 Å². The second-order valence-electron chi connectivity index (χ2n) is 6.34. The molecule has 23 heavy (non-hydrogen) atoms. The molecular formula is C17H24N4OS. The second kappa shape index (κ2) is 6.74. The van der Waals surface area contributed by atoms with Crippen LogP contribution in [0.1, 0.15) is 54.2 Å². The number of carbonyl (C=O) groups is 1. The first-order chi connectivity index (χ1) is 11.1.